The highest BCUT2D eigenvalue weighted by molar-refractivity contribution is 6.16. The van der Waals surface area contributed by atoms with E-state index in [4.69, 9.17) is 0 Å². The van der Waals surface area contributed by atoms with Crippen molar-refractivity contribution in [1.82, 2.24) is 19.8 Å². The molecule has 33 heavy (non-hydrogen) atoms. The number of anilines is 1. The molecule has 0 saturated carbocycles. The van der Waals surface area contributed by atoms with Crippen LogP contribution in [-0.2, 0) is 9.59 Å². The maximum absolute atomic E-state index is 12.9. The summed E-state index contributed by atoms with van der Waals surface area (Å²) in [5.74, 6) is -0.210. The van der Waals surface area contributed by atoms with Crippen LogP contribution in [0.5, 0.6) is 0 Å². The molecule has 0 atom stereocenters. The molecular formula is C25H25N5O3. The van der Waals surface area contributed by atoms with E-state index in [2.05, 4.69) is 15.6 Å². The summed E-state index contributed by atoms with van der Waals surface area (Å²) in [6.07, 6.45) is 3.38. The minimum Gasteiger partial charge on any atom is -0.325 e. The van der Waals surface area contributed by atoms with Crippen molar-refractivity contribution in [3.8, 4) is 5.82 Å². The molecule has 4 amide bonds. The molecular weight excluding hydrogens is 418 g/mol. The first kappa shape index (κ1) is 22.0. The summed E-state index contributed by atoms with van der Waals surface area (Å²) >= 11 is 0. The average molecular weight is 444 g/mol. The number of pyridine rings is 1. The van der Waals surface area contributed by atoms with Gasteiger partial charge in [0.25, 0.3) is 5.91 Å². The van der Waals surface area contributed by atoms with E-state index in [9.17, 15) is 14.4 Å². The zero-order valence-electron chi connectivity index (χ0n) is 19.0. The summed E-state index contributed by atoms with van der Waals surface area (Å²) < 4.78 is 1.99. The Hall–Kier alpha value is -4.20. The van der Waals surface area contributed by atoms with E-state index in [1.165, 1.54) is 0 Å². The third-order valence-corrected chi connectivity index (χ3v) is 5.47. The number of urea groups is 1. The third-order valence-electron chi connectivity index (χ3n) is 5.47. The van der Waals surface area contributed by atoms with E-state index in [0.29, 0.717) is 5.69 Å². The van der Waals surface area contributed by atoms with Gasteiger partial charge in [0.15, 0.2) is 0 Å². The zero-order chi connectivity index (χ0) is 23.7. The highest BCUT2D eigenvalue weighted by atomic mass is 16.2. The number of benzene rings is 1. The molecule has 0 radical (unpaired) electrons. The van der Waals surface area contributed by atoms with Gasteiger partial charge >= 0.3 is 6.03 Å². The summed E-state index contributed by atoms with van der Waals surface area (Å²) in [7, 11) is 0. The van der Waals surface area contributed by atoms with Crippen LogP contribution in [0.15, 0.2) is 54.4 Å². The predicted octanol–water partition coefficient (Wildman–Crippen LogP) is 3.64. The topological polar surface area (TPSA) is 96.3 Å². The van der Waals surface area contributed by atoms with Crippen LogP contribution in [0.2, 0.25) is 0 Å². The molecule has 1 aliphatic rings. The number of hydrogen-bond donors (Lipinski definition) is 2. The SMILES string of the molecule is Cc1cccc(NC(=O)CN2C(=O)N/C(=C\c3cc(C)n(-c4cc(C)ccn4)c3C)C2=O)c1. The molecule has 1 fully saturated rings. The molecule has 0 aliphatic carbocycles. The van der Waals surface area contributed by atoms with Crippen molar-refractivity contribution >= 4 is 29.6 Å². The molecule has 3 aromatic rings. The molecule has 4 rings (SSSR count). The highest BCUT2D eigenvalue weighted by Crippen LogP contribution is 2.23. The molecule has 2 N–H and O–H groups in total. The minimum absolute atomic E-state index is 0.126. The van der Waals surface area contributed by atoms with Gasteiger partial charge in [-0.05, 0) is 80.8 Å². The van der Waals surface area contributed by atoms with Crippen molar-refractivity contribution < 1.29 is 14.4 Å². The molecule has 3 heterocycles. The van der Waals surface area contributed by atoms with Crippen LogP contribution >= 0.6 is 0 Å². The second-order valence-electron chi connectivity index (χ2n) is 8.15. The van der Waals surface area contributed by atoms with Crippen molar-refractivity contribution in [2.75, 3.05) is 11.9 Å². The van der Waals surface area contributed by atoms with E-state index in [1.54, 1.807) is 18.3 Å². The Kier molecular flexibility index (Phi) is 5.83. The lowest BCUT2D eigenvalue weighted by atomic mass is 10.2. The molecule has 0 unspecified atom stereocenters. The molecule has 8 heteroatoms. The van der Waals surface area contributed by atoms with Crippen LogP contribution < -0.4 is 10.6 Å². The van der Waals surface area contributed by atoms with Crippen LogP contribution in [0, 0.1) is 27.7 Å². The van der Waals surface area contributed by atoms with Gasteiger partial charge < -0.3 is 15.2 Å². The van der Waals surface area contributed by atoms with Gasteiger partial charge in [0.1, 0.15) is 18.1 Å². The van der Waals surface area contributed by atoms with Gasteiger partial charge in [-0.2, -0.15) is 0 Å². The smallest absolute Gasteiger partial charge is 0.325 e. The Morgan fingerprint density at radius 2 is 1.82 bits per heavy atom. The van der Waals surface area contributed by atoms with E-state index in [0.717, 1.165) is 38.8 Å². The first-order valence-corrected chi connectivity index (χ1v) is 10.6. The molecule has 8 nitrogen and oxygen atoms in total. The van der Waals surface area contributed by atoms with Crippen LogP contribution in [0.25, 0.3) is 11.9 Å². The fraction of sp³-hybridized carbons (Fsp3) is 0.200. The maximum atomic E-state index is 12.9. The highest BCUT2D eigenvalue weighted by Gasteiger charge is 2.35. The number of rotatable bonds is 5. The van der Waals surface area contributed by atoms with Crippen LogP contribution in [-0.4, -0.2) is 38.8 Å². The first-order chi connectivity index (χ1) is 15.7. The van der Waals surface area contributed by atoms with Gasteiger partial charge in [0, 0.05) is 23.3 Å². The number of imide groups is 1. The molecule has 2 aromatic heterocycles. The van der Waals surface area contributed by atoms with Gasteiger partial charge in [-0.25, -0.2) is 14.7 Å². The predicted molar refractivity (Wildman–Crippen MR) is 126 cm³/mol. The van der Waals surface area contributed by atoms with Crippen molar-refractivity contribution in [1.29, 1.82) is 0 Å². The monoisotopic (exact) mass is 443 g/mol. The van der Waals surface area contributed by atoms with E-state index in [-0.39, 0.29) is 12.2 Å². The molecule has 0 bridgehead atoms. The van der Waals surface area contributed by atoms with Gasteiger partial charge in [-0.15, -0.1) is 0 Å². The van der Waals surface area contributed by atoms with E-state index < -0.39 is 17.8 Å². The number of nitrogens with zero attached hydrogens (tertiary/aromatic N) is 3. The Bertz CT molecular complexity index is 1310. The number of amides is 4. The lowest BCUT2D eigenvalue weighted by Crippen LogP contribution is -2.38. The van der Waals surface area contributed by atoms with Gasteiger partial charge in [-0.1, -0.05) is 12.1 Å². The molecule has 168 valence electrons. The normalized spacial score (nSPS) is 14.7. The largest absolute Gasteiger partial charge is 0.329 e. The summed E-state index contributed by atoms with van der Waals surface area (Å²) in [5, 5.41) is 5.29. The third kappa shape index (κ3) is 4.55. The second-order valence-corrected chi connectivity index (χ2v) is 8.15. The number of carbonyl (C=O) groups is 3. The number of hydrogen-bond acceptors (Lipinski definition) is 4. The lowest BCUT2D eigenvalue weighted by Gasteiger charge is -2.12. The van der Waals surface area contributed by atoms with E-state index >= 15 is 0 Å². The summed E-state index contributed by atoms with van der Waals surface area (Å²) in [5.41, 5.74) is 5.43. The number of aromatic nitrogens is 2. The summed E-state index contributed by atoms with van der Waals surface area (Å²) in [6, 6.07) is 12.5. The maximum Gasteiger partial charge on any atom is 0.329 e. The van der Waals surface area contributed by atoms with Crippen molar-refractivity contribution in [2.24, 2.45) is 0 Å². The molecule has 0 spiro atoms. The Balaban J connectivity index is 1.53. The standard InChI is InChI=1S/C25H25N5O3/c1-15-6-5-7-20(10-15)27-23(31)14-29-24(32)21(28-25(29)33)13-19-12-17(3)30(18(19)4)22-11-16(2)8-9-26-22/h5-13H,14H2,1-4H3,(H,27,31)(H,28,33)/b21-13-. The lowest BCUT2D eigenvalue weighted by molar-refractivity contribution is -0.127. The van der Waals surface area contributed by atoms with Gasteiger partial charge in [0.05, 0.1) is 0 Å². The van der Waals surface area contributed by atoms with Gasteiger partial charge in [-0.3, -0.25) is 9.59 Å². The van der Waals surface area contributed by atoms with Gasteiger partial charge in [0.2, 0.25) is 5.91 Å². The second kappa shape index (κ2) is 8.74. The number of carbonyl (C=O) groups excluding carboxylic acids is 3. The molecule has 1 saturated heterocycles. The van der Waals surface area contributed by atoms with Crippen molar-refractivity contribution in [3.63, 3.8) is 0 Å². The van der Waals surface area contributed by atoms with Crippen LogP contribution in [0.3, 0.4) is 0 Å². The Morgan fingerprint density at radius 1 is 1.06 bits per heavy atom. The van der Waals surface area contributed by atoms with Crippen LogP contribution in [0.4, 0.5) is 10.5 Å². The minimum atomic E-state index is -0.625. The first-order valence-electron chi connectivity index (χ1n) is 10.6. The average Bonchev–Trinajstić information content (AvgIpc) is 3.17. The summed E-state index contributed by atoms with van der Waals surface area (Å²) in [4.78, 5) is 43.0. The fourth-order valence-electron chi connectivity index (χ4n) is 3.87. The van der Waals surface area contributed by atoms with Crippen LogP contribution in [0.1, 0.15) is 28.1 Å². The fourth-order valence-corrected chi connectivity index (χ4v) is 3.87. The van der Waals surface area contributed by atoms with Crippen molar-refractivity contribution in [2.45, 2.75) is 27.7 Å². The Labute approximate surface area is 191 Å². The van der Waals surface area contributed by atoms with Crippen molar-refractivity contribution in [3.05, 3.63) is 82.4 Å². The quantitative estimate of drug-likeness (QED) is 0.465. The summed E-state index contributed by atoms with van der Waals surface area (Å²) in [6.45, 7) is 7.42. The number of nitrogens with one attached hydrogen (secondary N) is 2. The van der Waals surface area contributed by atoms with E-state index in [1.807, 2.05) is 68.7 Å². The number of aryl methyl sites for hydroxylation is 3. The molecule has 1 aromatic carbocycles. The Morgan fingerprint density at radius 3 is 2.55 bits per heavy atom. The zero-order valence-corrected chi connectivity index (χ0v) is 19.0. The molecule has 1 aliphatic heterocycles.